The molecule has 0 aromatic heterocycles. The lowest BCUT2D eigenvalue weighted by Crippen LogP contribution is -2.28. The Kier molecular flexibility index (Phi) is 4.71. The lowest BCUT2D eigenvalue weighted by Gasteiger charge is -2.34. The molecule has 2 aromatic rings. The van der Waals surface area contributed by atoms with Crippen molar-refractivity contribution in [3.63, 3.8) is 0 Å². The molecule has 0 radical (unpaired) electrons. The summed E-state index contributed by atoms with van der Waals surface area (Å²) in [7, 11) is 0. The Morgan fingerprint density at radius 3 is 2.44 bits per heavy atom. The van der Waals surface area contributed by atoms with Crippen LogP contribution in [0.5, 0.6) is 0 Å². The third-order valence-electron chi connectivity index (χ3n) is 4.27. The molecule has 1 heterocycles. The van der Waals surface area contributed by atoms with Crippen molar-refractivity contribution in [2.24, 2.45) is 0 Å². The number of anilines is 2. The Balaban J connectivity index is 2.27. The second kappa shape index (κ2) is 6.71. The summed E-state index contributed by atoms with van der Waals surface area (Å²) in [5, 5.41) is 17.9. The predicted molar refractivity (Wildman–Crippen MR) is 87.8 cm³/mol. The fraction of sp³-hybridized carbons (Fsp3) is 0.222. The smallest absolute Gasteiger partial charge is 0.339 e. The van der Waals surface area contributed by atoms with Gasteiger partial charge in [-0.3, -0.25) is 0 Å². The van der Waals surface area contributed by atoms with Crippen LogP contribution in [-0.4, -0.2) is 6.54 Å². The van der Waals surface area contributed by atoms with Gasteiger partial charge in [0.2, 0.25) is 0 Å². The third kappa shape index (κ3) is 3.17. The number of benzene rings is 2. The highest BCUT2D eigenvalue weighted by atomic mass is 35.5. The number of hydrogen-bond acceptors (Lipinski definition) is 3. The molecule has 1 unspecified atom stereocenters. The number of alkyl halides is 4. The van der Waals surface area contributed by atoms with Gasteiger partial charge in [-0.2, -0.15) is 23.7 Å². The average Bonchev–Trinajstić information content (AvgIpc) is 2.60. The summed E-state index contributed by atoms with van der Waals surface area (Å²) in [6.45, 7) is -0.0230. The summed E-state index contributed by atoms with van der Waals surface area (Å²) >= 11 is 5.80. The maximum absolute atomic E-state index is 14.3. The van der Waals surface area contributed by atoms with Gasteiger partial charge >= 0.3 is 6.18 Å². The second-order valence-corrected chi connectivity index (χ2v) is 6.22. The van der Waals surface area contributed by atoms with Gasteiger partial charge in [0.05, 0.1) is 33.1 Å². The van der Waals surface area contributed by atoms with Gasteiger partial charge in [-0.05, 0) is 24.3 Å². The van der Waals surface area contributed by atoms with Crippen molar-refractivity contribution in [3.05, 3.63) is 57.4 Å². The van der Waals surface area contributed by atoms with E-state index < -0.39 is 34.3 Å². The van der Waals surface area contributed by atoms with Crippen molar-refractivity contribution in [2.75, 3.05) is 11.4 Å². The minimum Gasteiger partial charge on any atom is -0.339 e. The molecule has 0 saturated carbocycles. The molecule has 0 fully saturated rings. The summed E-state index contributed by atoms with van der Waals surface area (Å²) < 4.78 is 67.2. The topological polar surface area (TPSA) is 50.8 Å². The van der Waals surface area contributed by atoms with Gasteiger partial charge in [0, 0.05) is 18.5 Å². The van der Waals surface area contributed by atoms with Gasteiger partial charge in [0.15, 0.2) is 0 Å². The number of nitriles is 2. The van der Waals surface area contributed by atoms with Crippen molar-refractivity contribution >= 4 is 23.0 Å². The highest BCUT2D eigenvalue weighted by Gasteiger charge is 2.37. The lowest BCUT2D eigenvalue weighted by molar-refractivity contribution is -0.137. The van der Waals surface area contributed by atoms with Gasteiger partial charge < -0.3 is 4.90 Å². The van der Waals surface area contributed by atoms with Crippen LogP contribution in [-0.2, 0) is 6.18 Å². The van der Waals surface area contributed by atoms with Crippen molar-refractivity contribution in [2.45, 2.75) is 18.8 Å². The van der Waals surface area contributed by atoms with E-state index in [9.17, 15) is 32.5 Å². The summed E-state index contributed by atoms with van der Waals surface area (Å²) in [5.41, 5.74) is -1.91. The SMILES string of the molecule is N#Cc1cc(F)cc2c1N(c1ccc(C(F)(F)F)c(Cl)c1C#N)CCC2F. The normalized spacial score (nSPS) is 16.4. The molecule has 2 aromatic carbocycles. The first-order valence-corrected chi connectivity index (χ1v) is 8.01. The lowest BCUT2D eigenvalue weighted by atomic mass is 9.94. The van der Waals surface area contributed by atoms with Gasteiger partial charge in [-0.25, -0.2) is 8.78 Å². The van der Waals surface area contributed by atoms with Crippen molar-refractivity contribution < 1.29 is 22.0 Å². The Morgan fingerprint density at radius 1 is 1.15 bits per heavy atom. The first-order valence-electron chi connectivity index (χ1n) is 7.64. The molecule has 0 saturated heterocycles. The van der Waals surface area contributed by atoms with Crippen LogP contribution in [0.1, 0.15) is 34.8 Å². The maximum Gasteiger partial charge on any atom is 0.417 e. The first-order chi connectivity index (χ1) is 12.7. The zero-order valence-electron chi connectivity index (χ0n) is 13.4. The number of hydrogen-bond donors (Lipinski definition) is 0. The molecule has 3 rings (SSSR count). The van der Waals surface area contributed by atoms with Crippen molar-refractivity contribution in [1.82, 2.24) is 0 Å². The molecule has 138 valence electrons. The molecule has 3 nitrogen and oxygen atoms in total. The van der Waals surface area contributed by atoms with E-state index >= 15 is 0 Å². The minimum absolute atomic E-state index is 0.00763. The van der Waals surface area contributed by atoms with Crippen LogP contribution in [0, 0.1) is 28.5 Å². The molecule has 0 bridgehead atoms. The van der Waals surface area contributed by atoms with E-state index in [1.807, 2.05) is 0 Å². The largest absolute Gasteiger partial charge is 0.417 e. The van der Waals surface area contributed by atoms with Gasteiger partial charge in [-0.1, -0.05) is 11.6 Å². The molecule has 0 aliphatic carbocycles. The summed E-state index contributed by atoms with van der Waals surface area (Å²) in [6, 6.07) is 7.00. The minimum atomic E-state index is -4.76. The predicted octanol–water partition coefficient (Wildman–Crippen LogP) is 5.79. The molecule has 0 amide bonds. The standard InChI is InChI=1S/C18H9ClF5N3/c19-16-12(8-26)15(2-1-13(16)18(22,23)24)27-4-3-14(21)11-6-10(20)5-9(7-25)17(11)27/h1-2,5-6,14H,3-4H2. The average molecular weight is 398 g/mol. The van der Waals surface area contributed by atoms with E-state index in [0.717, 1.165) is 24.3 Å². The van der Waals surface area contributed by atoms with Crippen LogP contribution in [0.2, 0.25) is 5.02 Å². The van der Waals surface area contributed by atoms with E-state index in [2.05, 4.69) is 0 Å². The van der Waals surface area contributed by atoms with Crippen LogP contribution in [0.25, 0.3) is 0 Å². The Morgan fingerprint density at radius 2 is 1.85 bits per heavy atom. The van der Waals surface area contributed by atoms with Crippen LogP contribution in [0.3, 0.4) is 0 Å². The molecular weight excluding hydrogens is 389 g/mol. The van der Waals surface area contributed by atoms with E-state index in [-0.39, 0.29) is 35.5 Å². The molecule has 1 atom stereocenters. The van der Waals surface area contributed by atoms with Crippen molar-refractivity contribution in [1.29, 1.82) is 10.5 Å². The molecule has 27 heavy (non-hydrogen) atoms. The summed E-state index contributed by atoms with van der Waals surface area (Å²) in [6.07, 6.45) is -6.40. The highest BCUT2D eigenvalue weighted by molar-refractivity contribution is 6.33. The zero-order chi connectivity index (χ0) is 19.9. The van der Waals surface area contributed by atoms with E-state index in [0.29, 0.717) is 0 Å². The number of halogens is 6. The molecule has 0 spiro atoms. The second-order valence-electron chi connectivity index (χ2n) is 5.84. The Labute approximate surface area is 155 Å². The highest BCUT2D eigenvalue weighted by Crippen LogP contribution is 2.46. The Bertz CT molecular complexity index is 1000. The number of nitrogens with zero attached hydrogens (tertiary/aromatic N) is 3. The molecule has 9 heteroatoms. The Hall–Kier alpha value is -2.84. The monoisotopic (exact) mass is 397 g/mol. The zero-order valence-corrected chi connectivity index (χ0v) is 14.2. The number of rotatable bonds is 1. The van der Waals surface area contributed by atoms with Gasteiger partial charge in [-0.15, -0.1) is 0 Å². The molecule has 1 aliphatic rings. The summed E-state index contributed by atoms with van der Waals surface area (Å²) in [4.78, 5) is 1.33. The third-order valence-corrected chi connectivity index (χ3v) is 4.66. The molecular formula is C18H9ClF5N3. The first kappa shape index (κ1) is 18.9. The van der Waals surface area contributed by atoms with Crippen LogP contribution in [0.4, 0.5) is 33.3 Å². The fourth-order valence-corrected chi connectivity index (χ4v) is 3.42. The fourth-order valence-electron chi connectivity index (χ4n) is 3.11. The molecule has 0 N–H and O–H groups in total. The summed E-state index contributed by atoms with van der Waals surface area (Å²) in [5.74, 6) is -0.805. The van der Waals surface area contributed by atoms with Gasteiger partial charge in [0.25, 0.3) is 0 Å². The van der Waals surface area contributed by atoms with Crippen LogP contribution < -0.4 is 4.90 Å². The van der Waals surface area contributed by atoms with E-state index in [1.54, 1.807) is 12.1 Å². The van der Waals surface area contributed by atoms with Crippen LogP contribution >= 0.6 is 11.6 Å². The van der Waals surface area contributed by atoms with E-state index in [1.165, 1.54) is 4.90 Å². The van der Waals surface area contributed by atoms with Crippen molar-refractivity contribution in [3.8, 4) is 12.1 Å². The number of fused-ring (bicyclic) bond motifs is 1. The maximum atomic E-state index is 14.3. The van der Waals surface area contributed by atoms with Crippen LogP contribution in [0.15, 0.2) is 24.3 Å². The molecule has 1 aliphatic heterocycles. The van der Waals surface area contributed by atoms with E-state index in [4.69, 9.17) is 11.6 Å². The van der Waals surface area contributed by atoms with Gasteiger partial charge in [0.1, 0.15) is 24.1 Å². The quantitative estimate of drug-likeness (QED) is 0.572.